The Labute approximate surface area is 229 Å². The van der Waals surface area contributed by atoms with E-state index in [2.05, 4.69) is 15.6 Å². The summed E-state index contributed by atoms with van der Waals surface area (Å²) < 4.78 is 20.4. The van der Waals surface area contributed by atoms with Crippen molar-refractivity contribution in [1.29, 1.82) is 0 Å². The maximum absolute atomic E-state index is 15.1. The first-order valence-electron chi connectivity index (χ1n) is 12.6. The third kappa shape index (κ3) is 5.98. The normalized spacial score (nSPS) is 17.4. The van der Waals surface area contributed by atoms with Crippen molar-refractivity contribution in [3.8, 4) is 0 Å². The third-order valence-electron chi connectivity index (χ3n) is 6.80. The number of fused-ring (bicyclic) bond motifs is 1. The molecule has 3 amide bonds. The molecule has 3 heterocycles. The third-order valence-corrected chi connectivity index (χ3v) is 7.04. The molecule has 1 unspecified atom stereocenters. The highest BCUT2D eigenvalue weighted by atomic mass is 35.5. The van der Waals surface area contributed by atoms with E-state index in [-0.39, 0.29) is 31.4 Å². The van der Waals surface area contributed by atoms with Crippen LogP contribution in [0.2, 0.25) is 5.02 Å². The number of hydrogen-bond donors (Lipinski definition) is 2. The fraction of sp³-hybridized carbons (Fsp3) is 0.333. The summed E-state index contributed by atoms with van der Waals surface area (Å²) in [7, 11) is 0. The molecule has 3 aromatic rings. The molecule has 1 aromatic heterocycles. The second kappa shape index (κ2) is 11.3. The standard InChI is InChI=1S/C27H28ClFN6O4/c1-17(36)31-14-20-16-35(27(38)39-20)19-3-5-25(22(29)13-19)33-8-10-34(11-9-33)26(37)15-32-23-6-7-30-24-12-18(28)2-4-21(23)24/h2-7,12-13,20H,8-11,14-16H2,1H3,(H,30,32)(H,31,36). The van der Waals surface area contributed by atoms with E-state index in [4.69, 9.17) is 16.3 Å². The second-order valence-electron chi connectivity index (χ2n) is 9.43. The Morgan fingerprint density at radius 3 is 2.67 bits per heavy atom. The van der Waals surface area contributed by atoms with Crippen LogP contribution in [0.1, 0.15) is 6.92 Å². The van der Waals surface area contributed by atoms with Gasteiger partial charge in [-0.3, -0.25) is 19.5 Å². The SMILES string of the molecule is CC(=O)NCC1CN(c2ccc(N3CCN(C(=O)CNc4ccnc5cc(Cl)ccc45)CC3)c(F)c2)C(=O)O1. The van der Waals surface area contributed by atoms with Crippen LogP contribution in [-0.2, 0) is 14.3 Å². The molecule has 12 heteroatoms. The molecule has 204 valence electrons. The van der Waals surface area contributed by atoms with Gasteiger partial charge >= 0.3 is 6.09 Å². The average molecular weight is 555 g/mol. The summed E-state index contributed by atoms with van der Waals surface area (Å²) in [6.07, 6.45) is 0.586. The van der Waals surface area contributed by atoms with Crippen LogP contribution in [0.4, 0.5) is 26.2 Å². The smallest absolute Gasteiger partial charge is 0.414 e. The van der Waals surface area contributed by atoms with Gasteiger partial charge in [0.2, 0.25) is 11.8 Å². The number of ether oxygens (including phenoxy) is 1. The fourth-order valence-electron chi connectivity index (χ4n) is 4.77. The minimum Gasteiger partial charge on any atom is -0.442 e. The lowest BCUT2D eigenvalue weighted by atomic mass is 10.2. The monoisotopic (exact) mass is 554 g/mol. The van der Waals surface area contributed by atoms with Crippen molar-refractivity contribution in [3.05, 3.63) is 59.5 Å². The summed E-state index contributed by atoms with van der Waals surface area (Å²) >= 11 is 6.05. The molecule has 2 aromatic carbocycles. The zero-order chi connectivity index (χ0) is 27.5. The highest BCUT2D eigenvalue weighted by molar-refractivity contribution is 6.31. The molecule has 5 rings (SSSR count). The molecule has 0 spiro atoms. The summed E-state index contributed by atoms with van der Waals surface area (Å²) in [5, 5.41) is 7.29. The number of hydrogen-bond acceptors (Lipinski definition) is 7. The number of rotatable bonds is 7. The Balaban J connectivity index is 1.15. The molecule has 2 saturated heterocycles. The van der Waals surface area contributed by atoms with E-state index in [1.807, 2.05) is 17.0 Å². The molecular weight excluding hydrogens is 527 g/mol. The molecular formula is C27H28ClFN6O4. The van der Waals surface area contributed by atoms with Gasteiger partial charge in [0.25, 0.3) is 0 Å². The highest BCUT2D eigenvalue weighted by Gasteiger charge is 2.33. The first-order chi connectivity index (χ1) is 18.8. The van der Waals surface area contributed by atoms with Gasteiger partial charge in [0.1, 0.15) is 11.9 Å². The topological polar surface area (TPSA) is 107 Å². The van der Waals surface area contributed by atoms with Crippen LogP contribution in [0.5, 0.6) is 0 Å². The van der Waals surface area contributed by atoms with Crippen molar-refractivity contribution in [1.82, 2.24) is 15.2 Å². The molecule has 10 nitrogen and oxygen atoms in total. The molecule has 1 atom stereocenters. The van der Waals surface area contributed by atoms with Crippen molar-refractivity contribution in [2.75, 3.05) is 60.9 Å². The maximum atomic E-state index is 15.1. The Hall–Kier alpha value is -4.12. The zero-order valence-corrected chi connectivity index (χ0v) is 22.1. The van der Waals surface area contributed by atoms with E-state index in [9.17, 15) is 14.4 Å². The Kier molecular flexibility index (Phi) is 7.69. The molecule has 39 heavy (non-hydrogen) atoms. The second-order valence-corrected chi connectivity index (χ2v) is 9.87. The van der Waals surface area contributed by atoms with Crippen LogP contribution in [-0.4, -0.2) is 79.7 Å². The van der Waals surface area contributed by atoms with Crippen molar-refractivity contribution in [2.45, 2.75) is 13.0 Å². The van der Waals surface area contributed by atoms with E-state index in [0.717, 1.165) is 16.6 Å². The Morgan fingerprint density at radius 2 is 1.92 bits per heavy atom. The summed E-state index contributed by atoms with van der Waals surface area (Å²) in [5.74, 6) is -0.728. The zero-order valence-electron chi connectivity index (χ0n) is 21.3. The van der Waals surface area contributed by atoms with Crippen molar-refractivity contribution in [3.63, 3.8) is 0 Å². The number of nitrogens with one attached hydrogen (secondary N) is 2. The summed E-state index contributed by atoms with van der Waals surface area (Å²) in [6, 6.07) is 11.9. The van der Waals surface area contributed by atoms with Crippen LogP contribution in [0, 0.1) is 5.82 Å². The summed E-state index contributed by atoms with van der Waals surface area (Å²) in [5.41, 5.74) is 2.34. The van der Waals surface area contributed by atoms with Crippen LogP contribution in [0.15, 0.2) is 48.7 Å². The number of aromatic nitrogens is 1. The highest BCUT2D eigenvalue weighted by Crippen LogP contribution is 2.29. The van der Waals surface area contributed by atoms with Crippen LogP contribution >= 0.6 is 11.6 Å². The Bertz CT molecular complexity index is 1410. The lowest BCUT2D eigenvalue weighted by molar-refractivity contribution is -0.129. The summed E-state index contributed by atoms with van der Waals surface area (Å²) in [6.45, 7) is 3.79. The molecule has 0 aliphatic carbocycles. The molecule has 2 N–H and O–H groups in total. The van der Waals surface area contributed by atoms with Gasteiger partial charge in [0.05, 0.1) is 36.5 Å². The number of nitrogens with zero attached hydrogens (tertiary/aromatic N) is 4. The largest absolute Gasteiger partial charge is 0.442 e. The average Bonchev–Trinajstić information content (AvgIpc) is 3.30. The number of benzene rings is 2. The van der Waals surface area contributed by atoms with Crippen molar-refractivity contribution >= 4 is 57.5 Å². The van der Waals surface area contributed by atoms with Gasteiger partial charge in [-0.15, -0.1) is 0 Å². The number of halogens is 2. The first kappa shape index (κ1) is 26.5. The molecule has 2 fully saturated rings. The van der Waals surface area contributed by atoms with E-state index in [1.54, 1.807) is 35.4 Å². The Morgan fingerprint density at radius 1 is 1.13 bits per heavy atom. The lowest BCUT2D eigenvalue weighted by Gasteiger charge is -2.36. The summed E-state index contributed by atoms with van der Waals surface area (Å²) in [4.78, 5) is 45.6. The van der Waals surface area contributed by atoms with Crippen LogP contribution < -0.4 is 20.4 Å². The van der Waals surface area contributed by atoms with Gasteiger partial charge in [-0.05, 0) is 42.5 Å². The van der Waals surface area contributed by atoms with Gasteiger partial charge in [0, 0.05) is 55.4 Å². The van der Waals surface area contributed by atoms with Gasteiger partial charge in [-0.2, -0.15) is 0 Å². The number of piperazine rings is 1. The predicted octanol–water partition coefficient (Wildman–Crippen LogP) is 3.25. The molecule has 0 saturated carbocycles. The number of pyridine rings is 1. The van der Waals surface area contributed by atoms with Gasteiger partial charge < -0.3 is 25.2 Å². The van der Waals surface area contributed by atoms with E-state index in [0.29, 0.717) is 42.6 Å². The van der Waals surface area contributed by atoms with Gasteiger partial charge in [0.15, 0.2) is 0 Å². The molecule has 0 bridgehead atoms. The molecule has 2 aliphatic heterocycles. The van der Waals surface area contributed by atoms with E-state index >= 15 is 4.39 Å². The number of anilines is 3. The van der Waals surface area contributed by atoms with E-state index < -0.39 is 18.0 Å². The van der Waals surface area contributed by atoms with Gasteiger partial charge in [-0.25, -0.2) is 9.18 Å². The lowest BCUT2D eigenvalue weighted by Crippen LogP contribution is -2.50. The number of amides is 3. The fourth-order valence-corrected chi connectivity index (χ4v) is 4.94. The maximum Gasteiger partial charge on any atom is 0.414 e. The van der Waals surface area contributed by atoms with Gasteiger partial charge in [-0.1, -0.05) is 11.6 Å². The molecule has 0 radical (unpaired) electrons. The van der Waals surface area contributed by atoms with Crippen molar-refractivity contribution < 1.29 is 23.5 Å². The van der Waals surface area contributed by atoms with Crippen molar-refractivity contribution in [2.24, 2.45) is 0 Å². The number of carbonyl (C=O) groups is 3. The van der Waals surface area contributed by atoms with Crippen LogP contribution in [0.25, 0.3) is 10.9 Å². The van der Waals surface area contributed by atoms with E-state index in [1.165, 1.54) is 17.9 Å². The number of cyclic esters (lactones) is 1. The number of carbonyl (C=O) groups excluding carboxylic acids is 3. The quantitative estimate of drug-likeness (QED) is 0.462. The first-order valence-corrected chi connectivity index (χ1v) is 13.0. The minimum atomic E-state index is -0.582. The predicted molar refractivity (Wildman–Crippen MR) is 147 cm³/mol. The molecule has 2 aliphatic rings. The minimum absolute atomic E-state index is 0.0502. The van der Waals surface area contributed by atoms with Crippen LogP contribution in [0.3, 0.4) is 0 Å².